The summed E-state index contributed by atoms with van der Waals surface area (Å²) < 4.78 is 0. The fourth-order valence-corrected chi connectivity index (χ4v) is 3.56. The maximum atomic E-state index is 12.3. The lowest BCUT2D eigenvalue weighted by Gasteiger charge is -2.09. The van der Waals surface area contributed by atoms with Gasteiger partial charge in [0.2, 0.25) is 0 Å². The number of hydrogen-bond acceptors (Lipinski definition) is 5. The number of carbonyl (C=O) groups is 1. The van der Waals surface area contributed by atoms with Gasteiger partial charge >= 0.3 is 0 Å². The Bertz CT molecular complexity index is 628. The van der Waals surface area contributed by atoms with Crippen LogP contribution in [-0.2, 0) is 6.42 Å². The maximum Gasteiger partial charge on any atom is 0.277 e. The van der Waals surface area contributed by atoms with Crippen molar-refractivity contribution in [2.24, 2.45) is 5.92 Å². The number of rotatable bonds is 7. The van der Waals surface area contributed by atoms with Crippen LogP contribution in [0.15, 0.2) is 28.7 Å². The molecular formula is C16H21N3OS2. The Morgan fingerprint density at radius 3 is 2.86 bits per heavy atom. The second-order valence-corrected chi connectivity index (χ2v) is 7.42. The van der Waals surface area contributed by atoms with Crippen molar-refractivity contribution < 1.29 is 4.79 Å². The molecular weight excluding hydrogens is 314 g/mol. The molecule has 1 amide bonds. The molecule has 2 heterocycles. The molecule has 0 aliphatic heterocycles. The first-order valence-electron chi connectivity index (χ1n) is 7.33. The van der Waals surface area contributed by atoms with Crippen molar-refractivity contribution >= 4 is 33.7 Å². The monoisotopic (exact) mass is 335 g/mol. The molecule has 118 valence electrons. The number of anilines is 1. The molecule has 1 unspecified atom stereocenters. The topological polar surface area (TPSA) is 54.9 Å². The van der Waals surface area contributed by atoms with E-state index in [9.17, 15) is 4.79 Å². The van der Waals surface area contributed by atoms with E-state index < -0.39 is 0 Å². The van der Waals surface area contributed by atoms with Crippen molar-refractivity contribution in [1.29, 1.82) is 0 Å². The van der Waals surface area contributed by atoms with Gasteiger partial charge in [0.15, 0.2) is 5.13 Å². The molecule has 1 atom stereocenters. The van der Waals surface area contributed by atoms with Gasteiger partial charge < -0.3 is 0 Å². The fraction of sp³-hybridized carbons (Fsp3) is 0.438. The highest BCUT2D eigenvalue weighted by molar-refractivity contribution is 7.13. The van der Waals surface area contributed by atoms with Gasteiger partial charge in [-0.05, 0) is 39.0 Å². The lowest BCUT2D eigenvalue weighted by atomic mass is 9.99. The largest absolute Gasteiger partial charge is 0.296 e. The first-order valence-corrected chi connectivity index (χ1v) is 9.08. The molecule has 0 radical (unpaired) electrons. The number of amides is 1. The predicted molar refractivity (Wildman–Crippen MR) is 93.7 cm³/mol. The van der Waals surface area contributed by atoms with Crippen molar-refractivity contribution in [2.75, 3.05) is 5.32 Å². The summed E-state index contributed by atoms with van der Waals surface area (Å²) in [6.07, 6.45) is 7.04. The van der Waals surface area contributed by atoms with Crippen LogP contribution in [0, 0.1) is 5.92 Å². The number of thiazole rings is 2. The van der Waals surface area contributed by atoms with Crippen LogP contribution in [0.1, 0.15) is 49.0 Å². The summed E-state index contributed by atoms with van der Waals surface area (Å²) in [5.74, 6) is 0.366. The number of nitrogens with zero attached hydrogens (tertiary/aromatic N) is 2. The summed E-state index contributed by atoms with van der Waals surface area (Å²) in [5.41, 5.74) is 3.64. The van der Waals surface area contributed by atoms with Gasteiger partial charge in [0.25, 0.3) is 5.91 Å². The molecule has 4 nitrogen and oxygen atoms in total. The Balaban J connectivity index is 1.94. The highest BCUT2D eigenvalue weighted by Gasteiger charge is 2.17. The first-order chi connectivity index (χ1) is 10.6. The van der Waals surface area contributed by atoms with E-state index in [1.807, 2.05) is 5.38 Å². The molecule has 0 spiro atoms. The summed E-state index contributed by atoms with van der Waals surface area (Å²) in [5, 5.41) is 5.25. The van der Waals surface area contributed by atoms with Crippen LogP contribution in [-0.4, -0.2) is 15.9 Å². The minimum absolute atomic E-state index is 0.164. The normalized spacial score (nSPS) is 12.0. The van der Waals surface area contributed by atoms with E-state index in [2.05, 4.69) is 42.1 Å². The van der Waals surface area contributed by atoms with Gasteiger partial charge in [-0.25, -0.2) is 9.97 Å². The number of allylic oxidation sites excluding steroid dienone is 2. The van der Waals surface area contributed by atoms with E-state index >= 15 is 0 Å². The number of nitrogens with one attached hydrogen (secondary N) is 1. The van der Waals surface area contributed by atoms with Gasteiger partial charge in [0.05, 0.1) is 5.51 Å². The molecule has 0 saturated heterocycles. The van der Waals surface area contributed by atoms with Crippen molar-refractivity contribution in [2.45, 2.75) is 40.0 Å². The summed E-state index contributed by atoms with van der Waals surface area (Å²) in [6, 6.07) is 0. The van der Waals surface area contributed by atoms with Gasteiger partial charge in [-0.3, -0.25) is 10.1 Å². The van der Waals surface area contributed by atoms with Gasteiger partial charge in [0.1, 0.15) is 5.69 Å². The molecule has 0 aliphatic rings. The summed E-state index contributed by atoms with van der Waals surface area (Å²) in [6.45, 7) is 6.46. The van der Waals surface area contributed by atoms with Crippen LogP contribution in [0.4, 0.5) is 5.13 Å². The average Bonchev–Trinajstić information content (AvgIpc) is 3.09. The van der Waals surface area contributed by atoms with Crippen molar-refractivity contribution in [3.63, 3.8) is 0 Å². The van der Waals surface area contributed by atoms with E-state index in [4.69, 9.17) is 0 Å². The van der Waals surface area contributed by atoms with Crippen LogP contribution < -0.4 is 5.32 Å². The zero-order valence-electron chi connectivity index (χ0n) is 13.1. The Morgan fingerprint density at radius 2 is 2.18 bits per heavy atom. The summed E-state index contributed by atoms with van der Waals surface area (Å²) in [4.78, 5) is 21.6. The molecule has 22 heavy (non-hydrogen) atoms. The van der Waals surface area contributed by atoms with Crippen LogP contribution in [0.5, 0.6) is 0 Å². The molecule has 0 saturated carbocycles. The van der Waals surface area contributed by atoms with Crippen LogP contribution in [0.25, 0.3) is 0 Å². The Hall–Kier alpha value is -1.53. The molecule has 0 fully saturated rings. The van der Waals surface area contributed by atoms with Crippen molar-refractivity contribution in [3.8, 4) is 0 Å². The molecule has 0 aliphatic carbocycles. The zero-order chi connectivity index (χ0) is 15.9. The Labute approximate surface area is 139 Å². The van der Waals surface area contributed by atoms with Gasteiger partial charge in [-0.1, -0.05) is 18.6 Å². The Morgan fingerprint density at radius 1 is 1.36 bits per heavy atom. The predicted octanol–water partition coefficient (Wildman–Crippen LogP) is 4.78. The quantitative estimate of drug-likeness (QED) is 0.741. The number of carbonyl (C=O) groups excluding carboxylic acids is 1. The minimum Gasteiger partial charge on any atom is -0.296 e. The number of aromatic nitrogens is 2. The molecule has 2 rings (SSSR count). The molecule has 2 aromatic rings. The maximum absolute atomic E-state index is 12.3. The van der Waals surface area contributed by atoms with Crippen LogP contribution in [0.2, 0.25) is 0 Å². The molecule has 2 aromatic heterocycles. The van der Waals surface area contributed by atoms with Crippen LogP contribution in [0.3, 0.4) is 0 Å². The molecule has 6 heteroatoms. The van der Waals surface area contributed by atoms with E-state index in [0.717, 1.165) is 24.1 Å². The molecule has 1 N–H and O–H groups in total. The third kappa shape index (κ3) is 5.03. The highest BCUT2D eigenvalue weighted by atomic mass is 32.1. The lowest BCUT2D eigenvalue weighted by Crippen LogP contribution is -2.15. The highest BCUT2D eigenvalue weighted by Crippen LogP contribution is 2.22. The summed E-state index contributed by atoms with van der Waals surface area (Å²) >= 11 is 2.96. The van der Waals surface area contributed by atoms with Gasteiger partial charge in [0, 0.05) is 16.5 Å². The van der Waals surface area contributed by atoms with E-state index in [0.29, 0.717) is 16.7 Å². The second-order valence-electron chi connectivity index (χ2n) is 5.58. The Kier molecular flexibility index (Phi) is 6.27. The minimum atomic E-state index is -0.164. The SMILES string of the molecule is CC(C)=CCCC(C)Cc1scnc1C(=O)Nc1nccs1. The third-order valence-electron chi connectivity index (χ3n) is 3.25. The van der Waals surface area contributed by atoms with Crippen molar-refractivity contribution in [1.82, 2.24) is 9.97 Å². The summed E-state index contributed by atoms with van der Waals surface area (Å²) in [7, 11) is 0. The van der Waals surface area contributed by atoms with E-state index in [1.165, 1.54) is 16.9 Å². The second kappa shape index (κ2) is 8.19. The number of hydrogen-bond donors (Lipinski definition) is 1. The lowest BCUT2D eigenvalue weighted by molar-refractivity contribution is 0.102. The fourth-order valence-electron chi connectivity index (χ4n) is 2.12. The zero-order valence-corrected chi connectivity index (χ0v) is 14.8. The smallest absolute Gasteiger partial charge is 0.277 e. The van der Waals surface area contributed by atoms with E-state index in [1.54, 1.807) is 23.0 Å². The average molecular weight is 335 g/mol. The van der Waals surface area contributed by atoms with Gasteiger partial charge in [-0.15, -0.1) is 22.7 Å². The van der Waals surface area contributed by atoms with Crippen molar-refractivity contribution in [3.05, 3.63) is 39.3 Å². The third-order valence-corrected chi connectivity index (χ3v) is 4.80. The molecule has 0 aromatic carbocycles. The first kappa shape index (κ1) is 16.8. The van der Waals surface area contributed by atoms with E-state index in [-0.39, 0.29) is 5.91 Å². The van der Waals surface area contributed by atoms with Crippen LogP contribution >= 0.6 is 22.7 Å². The standard InChI is InChI=1S/C16H21N3OS2/c1-11(2)5-4-6-12(3)9-13-14(18-10-22-13)15(20)19-16-17-7-8-21-16/h5,7-8,10,12H,4,6,9H2,1-3H3,(H,17,19,20). The van der Waals surface area contributed by atoms with Gasteiger partial charge in [-0.2, -0.15) is 0 Å². The molecule has 0 bridgehead atoms.